The Balaban J connectivity index is 1.46. The third-order valence-electron chi connectivity index (χ3n) is 8.20. The van der Waals surface area contributed by atoms with Crippen molar-refractivity contribution in [2.45, 2.75) is 52.4 Å². The quantitative estimate of drug-likeness (QED) is 0.599. The van der Waals surface area contributed by atoms with Crippen molar-refractivity contribution in [2.75, 3.05) is 7.11 Å². The predicted molar refractivity (Wildman–Crippen MR) is 114 cm³/mol. The Hall–Kier alpha value is -2.16. The van der Waals surface area contributed by atoms with Crippen LogP contribution in [0.1, 0.15) is 57.9 Å². The highest BCUT2D eigenvalue weighted by atomic mass is 16.6. The molecule has 4 aliphatic carbocycles. The van der Waals surface area contributed by atoms with Crippen LogP contribution in [0, 0.1) is 22.7 Å². The first kappa shape index (κ1) is 17.9. The van der Waals surface area contributed by atoms with Crippen LogP contribution in [0.25, 0.3) is 5.57 Å². The minimum Gasteiger partial charge on any atom is -0.399 e. The van der Waals surface area contributed by atoms with E-state index >= 15 is 0 Å². The summed E-state index contributed by atoms with van der Waals surface area (Å²) in [6, 6.07) is 4.27. The third-order valence-corrected chi connectivity index (χ3v) is 8.20. The van der Waals surface area contributed by atoms with Gasteiger partial charge >= 0.3 is 0 Å². The van der Waals surface area contributed by atoms with Gasteiger partial charge in [0.25, 0.3) is 0 Å². The zero-order valence-corrected chi connectivity index (χ0v) is 17.2. The highest BCUT2D eigenvalue weighted by Crippen LogP contribution is 2.65. The maximum atomic E-state index is 5.05. The molecule has 5 rings (SSSR count). The van der Waals surface area contributed by atoms with Gasteiger partial charge < -0.3 is 4.84 Å². The molecule has 2 saturated carbocycles. The fourth-order valence-electron chi connectivity index (χ4n) is 6.69. The van der Waals surface area contributed by atoms with Crippen molar-refractivity contribution >= 4 is 11.3 Å². The van der Waals surface area contributed by atoms with E-state index in [2.05, 4.69) is 54.3 Å². The molecule has 146 valence electrons. The molecule has 0 radical (unpaired) electrons. The lowest BCUT2D eigenvalue weighted by Crippen LogP contribution is -2.47. The van der Waals surface area contributed by atoms with Gasteiger partial charge in [0.05, 0.1) is 5.71 Å². The summed E-state index contributed by atoms with van der Waals surface area (Å²) in [6.07, 6.45) is 18.3. The summed E-state index contributed by atoms with van der Waals surface area (Å²) in [7, 11) is 1.65. The molecule has 0 N–H and O–H groups in total. The van der Waals surface area contributed by atoms with Crippen molar-refractivity contribution in [1.82, 2.24) is 4.98 Å². The Morgan fingerprint density at radius 2 is 2.04 bits per heavy atom. The first-order chi connectivity index (χ1) is 13.6. The zero-order chi connectivity index (χ0) is 19.4. The second-order valence-corrected chi connectivity index (χ2v) is 9.42. The van der Waals surface area contributed by atoms with Gasteiger partial charge in [0.15, 0.2) is 0 Å². The van der Waals surface area contributed by atoms with Gasteiger partial charge in [0.2, 0.25) is 0 Å². The van der Waals surface area contributed by atoms with E-state index in [1.165, 1.54) is 43.2 Å². The highest BCUT2D eigenvalue weighted by Gasteiger charge is 2.54. The van der Waals surface area contributed by atoms with Crippen molar-refractivity contribution in [1.29, 1.82) is 0 Å². The minimum absolute atomic E-state index is 0.180. The molecule has 28 heavy (non-hydrogen) atoms. The standard InChI is InChI=1S/C25H30N2O/c1-24-12-10-19(27-28-3)15-18(24)6-7-20-22-9-8-21(17-5-4-14-26-16-17)25(22,2)13-11-23(20)24/h4-5,8-9,14-16,20,23H,6-7,10-13H2,1-3H3. The van der Waals surface area contributed by atoms with Crippen LogP contribution in [0.5, 0.6) is 0 Å². The molecule has 0 bridgehead atoms. The molecule has 3 heteroatoms. The first-order valence-electron chi connectivity index (χ1n) is 10.7. The SMILES string of the molecule is CON=C1C=C2CCC3C4=CC=C(c5cccnc5)C4(C)CCC3C2(C)CC1. The van der Waals surface area contributed by atoms with Crippen LogP contribution in [-0.2, 0) is 4.84 Å². The largest absolute Gasteiger partial charge is 0.399 e. The van der Waals surface area contributed by atoms with E-state index in [-0.39, 0.29) is 5.41 Å². The van der Waals surface area contributed by atoms with E-state index in [1.54, 1.807) is 18.3 Å². The van der Waals surface area contributed by atoms with Gasteiger partial charge in [-0.3, -0.25) is 4.98 Å². The van der Waals surface area contributed by atoms with Gasteiger partial charge in [-0.05, 0) is 79.1 Å². The Kier molecular flexibility index (Phi) is 4.12. The number of oxime groups is 1. The molecule has 0 aliphatic heterocycles. The van der Waals surface area contributed by atoms with E-state index in [0.717, 1.165) is 18.1 Å². The van der Waals surface area contributed by atoms with Crippen LogP contribution in [0.15, 0.2) is 59.1 Å². The predicted octanol–water partition coefficient (Wildman–Crippen LogP) is 5.96. The van der Waals surface area contributed by atoms with E-state index in [0.29, 0.717) is 11.3 Å². The Morgan fingerprint density at radius 3 is 2.82 bits per heavy atom. The molecule has 3 nitrogen and oxygen atoms in total. The van der Waals surface area contributed by atoms with Crippen LogP contribution in [-0.4, -0.2) is 17.8 Å². The number of fused-ring (bicyclic) bond motifs is 5. The summed E-state index contributed by atoms with van der Waals surface area (Å²) < 4.78 is 0. The Bertz CT molecular complexity index is 910. The average molecular weight is 375 g/mol. The first-order valence-corrected chi connectivity index (χ1v) is 10.7. The number of nitrogens with zero attached hydrogens (tertiary/aromatic N) is 2. The highest BCUT2D eigenvalue weighted by molar-refractivity contribution is 5.96. The van der Waals surface area contributed by atoms with Crippen molar-refractivity contribution in [3.63, 3.8) is 0 Å². The lowest BCUT2D eigenvalue weighted by atomic mass is 9.48. The molecule has 2 fully saturated rings. The van der Waals surface area contributed by atoms with Crippen molar-refractivity contribution in [3.05, 3.63) is 59.5 Å². The second-order valence-electron chi connectivity index (χ2n) is 9.42. The molecule has 4 atom stereocenters. The number of aromatic nitrogens is 1. The molecule has 0 spiro atoms. The van der Waals surface area contributed by atoms with Crippen molar-refractivity contribution in [2.24, 2.45) is 27.8 Å². The zero-order valence-electron chi connectivity index (χ0n) is 17.2. The summed E-state index contributed by atoms with van der Waals surface area (Å²) in [5, 5.41) is 4.23. The Labute approximate surface area is 168 Å². The summed E-state index contributed by atoms with van der Waals surface area (Å²) in [5.41, 5.74) is 7.66. The molecule has 4 aliphatic rings. The van der Waals surface area contributed by atoms with E-state index in [1.807, 2.05) is 12.4 Å². The van der Waals surface area contributed by atoms with Crippen LogP contribution in [0.2, 0.25) is 0 Å². The molecule has 1 aromatic heterocycles. The number of pyridine rings is 1. The molecule has 1 heterocycles. The summed E-state index contributed by atoms with van der Waals surface area (Å²) in [6.45, 7) is 4.99. The van der Waals surface area contributed by atoms with E-state index in [9.17, 15) is 0 Å². The maximum Gasteiger partial charge on any atom is 0.106 e. The van der Waals surface area contributed by atoms with Crippen molar-refractivity contribution < 1.29 is 4.84 Å². The molecule has 0 aromatic carbocycles. The second kappa shape index (κ2) is 6.43. The Morgan fingerprint density at radius 1 is 1.14 bits per heavy atom. The van der Waals surface area contributed by atoms with Crippen LogP contribution < -0.4 is 0 Å². The van der Waals surface area contributed by atoms with E-state index < -0.39 is 0 Å². The van der Waals surface area contributed by atoms with E-state index in [4.69, 9.17) is 4.84 Å². The van der Waals surface area contributed by atoms with Gasteiger partial charge in [-0.25, -0.2) is 0 Å². The number of allylic oxidation sites excluding steroid dienone is 6. The van der Waals surface area contributed by atoms with Crippen LogP contribution in [0.3, 0.4) is 0 Å². The summed E-state index contributed by atoms with van der Waals surface area (Å²) in [5.74, 6) is 1.45. The summed E-state index contributed by atoms with van der Waals surface area (Å²) >= 11 is 0. The number of rotatable bonds is 2. The lowest BCUT2D eigenvalue weighted by molar-refractivity contribution is 0.0714. The number of hydrogen-bond donors (Lipinski definition) is 0. The summed E-state index contributed by atoms with van der Waals surface area (Å²) in [4.78, 5) is 9.42. The van der Waals surface area contributed by atoms with Crippen molar-refractivity contribution in [3.8, 4) is 0 Å². The molecule has 1 aromatic rings. The fraction of sp³-hybridized carbons (Fsp3) is 0.520. The van der Waals surface area contributed by atoms with Gasteiger partial charge in [-0.1, -0.05) is 48.4 Å². The van der Waals surface area contributed by atoms with Gasteiger partial charge in [0, 0.05) is 17.8 Å². The maximum absolute atomic E-state index is 5.05. The van der Waals surface area contributed by atoms with Crippen LogP contribution in [0.4, 0.5) is 0 Å². The molecule has 0 saturated heterocycles. The van der Waals surface area contributed by atoms with Crippen LogP contribution >= 0.6 is 0 Å². The van der Waals surface area contributed by atoms with Gasteiger partial charge in [0.1, 0.15) is 7.11 Å². The third kappa shape index (κ3) is 2.48. The molecule has 0 amide bonds. The molecular weight excluding hydrogens is 344 g/mol. The average Bonchev–Trinajstić information content (AvgIpc) is 3.06. The monoisotopic (exact) mass is 374 g/mol. The lowest BCUT2D eigenvalue weighted by Gasteiger charge is -2.56. The smallest absolute Gasteiger partial charge is 0.106 e. The number of hydrogen-bond acceptors (Lipinski definition) is 3. The minimum atomic E-state index is 0.180. The molecular formula is C25H30N2O. The fourth-order valence-corrected chi connectivity index (χ4v) is 6.69. The normalized spacial score (nSPS) is 38.0. The van der Waals surface area contributed by atoms with Gasteiger partial charge in [-0.15, -0.1) is 0 Å². The topological polar surface area (TPSA) is 34.5 Å². The van der Waals surface area contributed by atoms with Gasteiger partial charge in [-0.2, -0.15) is 0 Å². The molecule has 4 unspecified atom stereocenters.